The molecule has 1 saturated heterocycles. The third kappa shape index (κ3) is 2.34. The largest absolute Gasteiger partial charge is 0.373 e. The minimum atomic E-state index is -0.140. The van der Waals surface area contributed by atoms with Crippen molar-refractivity contribution < 1.29 is 4.74 Å². The van der Waals surface area contributed by atoms with Crippen LogP contribution < -0.4 is 0 Å². The minimum absolute atomic E-state index is 0.140. The standard InChI is InChI=1S/C9H17ClO/c1-8(2,9(3,4)10)5-7-6-11-7/h7H,5-6H2,1-4H3. The molecule has 0 bridgehead atoms. The number of ether oxygens (including phenoxy) is 1. The van der Waals surface area contributed by atoms with Crippen LogP contribution in [-0.2, 0) is 4.74 Å². The van der Waals surface area contributed by atoms with Crippen molar-refractivity contribution >= 4 is 11.6 Å². The van der Waals surface area contributed by atoms with Gasteiger partial charge in [0.1, 0.15) is 0 Å². The van der Waals surface area contributed by atoms with Gasteiger partial charge in [-0.05, 0) is 25.7 Å². The van der Waals surface area contributed by atoms with Crippen LogP contribution in [0.15, 0.2) is 0 Å². The lowest BCUT2D eigenvalue weighted by Gasteiger charge is -2.36. The summed E-state index contributed by atoms with van der Waals surface area (Å²) in [6, 6.07) is 0. The molecule has 66 valence electrons. The molecule has 1 unspecified atom stereocenters. The lowest BCUT2D eigenvalue weighted by Crippen LogP contribution is -2.34. The second-order valence-electron chi connectivity index (χ2n) is 4.52. The molecule has 1 aliphatic rings. The van der Waals surface area contributed by atoms with E-state index in [0.29, 0.717) is 6.10 Å². The van der Waals surface area contributed by atoms with Crippen molar-refractivity contribution in [3.63, 3.8) is 0 Å². The van der Waals surface area contributed by atoms with Gasteiger partial charge in [0, 0.05) is 4.87 Å². The summed E-state index contributed by atoms with van der Waals surface area (Å²) < 4.78 is 5.18. The second-order valence-corrected chi connectivity index (χ2v) is 5.46. The highest BCUT2D eigenvalue weighted by atomic mass is 35.5. The van der Waals surface area contributed by atoms with E-state index in [2.05, 4.69) is 27.7 Å². The third-order valence-electron chi connectivity index (χ3n) is 2.75. The van der Waals surface area contributed by atoms with Gasteiger partial charge in [-0.25, -0.2) is 0 Å². The van der Waals surface area contributed by atoms with E-state index in [0.717, 1.165) is 13.0 Å². The molecule has 1 atom stereocenters. The number of rotatable bonds is 3. The van der Waals surface area contributed by atoms with Gasteiger partial charge < -0.3 is 4.74 Å². The number of epoxide rings is 1. The quantitative estimate of drug-likeness (QED) is 0.476. The highest BCUT2D eigenvalue weighted by Gasteiger charge is 2.40. The van der Waals surface area contributed by atoms with Crippen molar-refractivity contribution in [2.24, 2.45) is 5.41 Å². The predicted molar refractivity (Wildman–Crippen MR) is 48.1 cm³/mol. The summed E-state index contributed by atoms with van der Waals surface area (Å²) in [5.41, 5.74) is 0.162. The Morgan fingerprint density at radius 3 is 2.09 bits per heavy atom. The number of hydrogen-bond donors (Lipinski definition) is 0. The molecule has 1 nitrogen and oxygen atoms in total. The summed E-state index contributed by atoms with van der Waals surface area (Å²) in [6.07, 6.45) is 1.55. The molecule has 0 radical (unpaired) electrons. The molecule has 0 aromatic carbocycles. The summed E-state index contributed by atoms with van der Waals surface area (Å²) in [6.45, 7) is 9.45. The van der Waals surface area contributed by atoms with Crippen LogP contribution in [0.3, 0.4) is 0 Å². The topological polar surface area (TPSA) is 12.5 Å². The molecule has 0 saturated carbocycles. The summed E-state index contributed by atoms with van der Waals surface area (Å²) >= 11 is 6.24. The summed E-state index contributed by atoms with van der Waals surface area (Å²) in [5.74, 6) is 0. The second kappa shape index (κ2) is 2.63. The van der Waals surface area contributed by atoms with Gasteiger partial charge in [-0.2, -0.15) is 0 Å². The fourth-order valence-electron chi connectivity index (χ4n) is 0.998. The van der Waals surface area contributed by atoms with E-state index in [1.54, 1.807) is 0 Å². The Balaban J connectivity index is 2.49. The lowest BCUT2D eigenvalue weighted by molar-refractivity contribution is 0.221. The van der Waals surface area contributed by atoms with Crippen molar-refractivity contribution in [2.75, 3.05) is 6.61 Å². The first-order valence-corrected chi connectivity index (χ1v) is 4.51. The Hall–Kier alpha value is 0.250. The molecule has 0 amide bonds. The van der Waals surface area contributed by atoms with Crippen LogP contribution in [0.4, 0.5) is 0 Å². The normalized spacial score (nSPS) is 25.4. The highest BCUT2D eigenvalue weighted by molar-refractivity contribution is 6.23. The summed E-state index contributed by atoms with van der Waals surface area (Å²) in [4.78, 5) is -0.140. The SMILES string of the molecule is CC(C)(Cl)C(C)(C)CC1CO1. The maximum absolute atomic E-state index is 6.24. The minimum Gasteiger partial charge on any atom is -0.373 e. The Labute approximate surface area is 74.1 Å². The Kier molecular flexibility index (Phi) is 2.24. The summed E-state index contributed by atoms with van der Waals surface area (Å²) in [5, 5.41) is 0. The van der Waals surface area contributed by atoms with Crippen molar-refractivity contribution in [1.82, 2.24) is 0 Å². The predicted octanol–water partition coefficient (Wildman–Crippen LogP) is 2.82. The molecule has 0 N–H and O–H groups in total. The molecule has 0 aromatic rings. The lowest BCUT2D eigenvalue weighted by atomic mass is 9.77. The highest BCUT2D eigenvalue weighted by Crippen LogP contribution is 2.42. The van der Waals surface area contributed by atoms with Crippen molar-refractivity contribution in [3.05, 3.63) is 0 Å². The van der Waals surface area contributed by atoms with Crippen LogP contribution in [-0.4, -0.2) is 17.6 Å². The third-order valence-corrected chi connectivity index (χ3v) is 3.26. The van der Waals surface area contributed by atoms with Gasteiger partial charge in [-0.1, -0.05) is 13.8 Å². The van der Waals surface area contributed by atoms with Crippen LogP contribution in [0.25, 0.3) is 0 Å². The van der Waals surface area contributed by atoms with Crippen molar-refractivity contribution in [1.29, 1.82) is 0 Å². The molecule has 1 fully saturated rings. The van der Waals surface area contributed by atoms with E-state index in [9.17, 15) is 0 Å². The van der Waals surface area contributed by atoms with Crippen molar-refractivity contribution in [2.45, 2.75) is 45.1 Å². The zero-order chi connectivity index (χ0) is 8.70. The zero-order valence-electron chi connectivity index (χ0n) is 7.78. The van der Waals surface area contributed by atoms with Crippen LogP contribution >= 0.6 is 11.6 Å². The molecule has 2 heteroatoms. The van der Waals surface area contributed by atoms with E-state index < -0.39 is 0 Å². The smallest absolute Gasteiger partial charge is 0.0815 e. The fraction of sp³-hybridized carbons (Fsp3) is 1.00. The first-order valence-electron chi connectivity index (χ1n) is 4.13. The van der Waals surface area contributed by atoms with Crippen molar-refractivity contribution in [3.8, 4) is 0 Å². The van der Waals surface area contributed by atoms with E-state index in [4.69, 9.17) is 16.3 Å². The van der Waals surface area contributed by atoms with Gasteiger partial charge in [0.05, 0.1) is 12.7 Å². The molecule has 0 aliphatic carbocycles. The van der Waals surface area contributed by atoms with E-state index in [1.165, 1.54) is 0 Å². The average molecular weight is 177 g/mol. The Bertz CT molecular complexity index is 142. The van der Waals surface area contributed by atoms with Crippen LogP contribution in [0.5, 0.6) is 0 Å². The molecular formula is C9H17ClO. The van der Waals surface area contributed by atoms with Gasteiger partial charge in [-0.3, -0.25) is 0 Å². The van der Waals surface area contributed by atoms with E-state index in [1.807, 2.05) is 0 Å². The molecular weight excluding hydrogens is 160 g/mol. The van der Waals surface area contributed by atoms with E-state index >= 15 is 0 Å². The number of alkyl halides is 1. The monoisotopic (exact) mass is 176 g/mol. The Morgan fingerprint density at radius 2 is 1.82 bits per heavy atom. The van der Waals surface area contributed by atoms with Gasteiger partial charge in [0.15, 0.2) is 0 Å². The van der Waals surface area contributed by atoms with Crippen LogP contribution in [0.1, 0.15) is 34.1 Å². The molecule has 0 spiro atoms. The molecule has 0 aromatic heterocycles. The maximum atomic E-state index is 6.24. The molecule has 1 rings (SSSR count). The first-order chi connectivity index (χ1) is 4.83. The number of halogens is 1. The van der Waals surface area contributed by atoms with E-state index in [-0.39, 0.29) is 10.3 Å². The molecule has 11 heavy (non-hydrogen) atoms. The summed E-state index contributed by atoms with van der Waals surface area (Å²) in [7, 11) is 0. The van der Waals surface area contributed by atoms with Crippen LogP contribution in [0.2, 0.25) is 0 Å². The van der Waals surface area contributed by atoms with Gasteiger partial charge in [-0.15, -0.1) is 11.6 Å². The zero-order valence-corrected chi connectivity index (χ0v) is 8.53. The fourth-order valence-corrected chi connectivity index (χ4v) is 1.07. The number of hydrogen-bond acceptors (Lipinski definition) is 1. The first kappa shape index (κ1) is 9.34. The van der Waals surface area contributed by atoms with Crippen LogP contribution in [0, 0.1) is 5.41 Å². The van der Waals surface area contributed by atoms with Gasteiger partial charge >= 0.3 is 0 Å². The molecule has 1 heterocycles. The molecule has 1 aliphatic heterocycles. The maximum Gasteiger partial charge on any atom is 0.0815 e. The average Bonchev–Trinajstić information content (AvgIpc) is 2.45. The van der Waals surface area contributed by atoms with Gasteiger partial charge in [0.2, 0.25) is 0 Å². The van der Waals surface area contributed by atoms with Gasteiger partial charge in [0.25, 0.3) is 0 Å². The Morgan fingerprint density at radius 1 is 1.36 bits per heavy atom.